The van der Waals surface area contributed by atoms with E-state index in [1.54, 1.807) is 0 Å². The van der Waals surface area contributed by atoms with Gasteiger partial charge in [-0.1, -0.05) is 32.6 Å². The topological polar surface area (TPSA) is 41.3 Å². The molecule has 17 heavy (non-hydrogen) atoms. The van der Waals surface area contributed by atoms with Crippen LogP contribution in [0.5, 0.6) is 0 Å². The number of hydrogen-bond acceptors (Lipinski definition) is 3. The summed E-state index contributed by atoms with van der Waals surface area (Å²) in [6.45, 7) is 6.90. The first-order valence-electron chi connectivity index (χ1n) is 7.08. The van der Waals surface area contributed by atoms with Crippen LogP contribution >= 0.6 is 0 Å². The Morgan fingerprint density at radius 2 is 1.88 bits per heavy atom. The Morgan fingerprint density at radius 1 is 1.29 bits per heavy atom. The first-order chi connectivity index (χ1) is 7.95. The molecule has 1 rings (SSSR count). The molecule has 3 heteroatoms. The Morgan fingerprint density at radius 3 is 2.35 bits per heavy atom. The van der Waals surface area contributed by atoms with Gasteiger partial charge in [-0.2, -0.15) is 0 Å². The summed E-state index contributed by atoms with van der Waals surface area (Å²) >= 11 is 0. The first kappa shape index (κ1) is 14.9. The van der Waals surface area contributed by atoms with Gasteiger partial charge >= 0.3 is 0 Å². The molecule has 1 aliphatic carbocycles. The zero-order valence-corrected chi connectivity index (χ0v) is 12.3. The molecule has 0 aliphatic heterocycles. The normalized spacial score (nSPS) is 28.4. The molecule has 3 nitrogen and oxygen atoms in total. The summed E-state index contributed by atoms with van der Waals surface area (Å²) in [6.07, 6.45) is 6.75. The van der Waals surface area contributed by atoms with Crippen molar-refractivity contribution in [3.8, 4) is 0 Å². The van der Waals surface area contributed by atoms with Gasteiger partial charge in [-0.05, 0) is 46.2 Å². The second kappa shape index (κ2) is 6.17. The lowest BCUT2D eigenvalue weighted by Gasteiger charge is -2.47. The molecule has 3 unspecified atom stereocenters. The SMILES string of the molecule is CCC1CCCCC1C(NN)C(C)(C)N(C)C. The fraction of sp³-hybridized carbons (Fsp3) is 1.00. The first-order valence-corrected chi connectivity index (χ1v) is 7.08. The molecule has 3 atom stereocenters. The molecule has 0 aromatic carbocycles. The predicted octanol–water partition coefficient (Wildman–Crippen LogP) is 2.37. The van der Waals surface area contributed by atoms with Crippen molar-refractivity contribution < 1.29 is 0 Å². The average molecular weight is 241 g/mol. The second-order valence-electron chi connectivity index (χ2n) is 6.31. The minimum atomic E-state index is 0.101. The number of rotatable bonds is 5. The highest BCUT2D eigenvalue weighted by atomic mass is 15.3. The van der Waals surface area contributed by atoms with Gasteiger partial charge in [0.25, 0.3) is 0 Å². The Bertz CT molecular complexity index is 226. The van der Waals surface area contributed by atoms with E-state index in [0.29, 0.717) is 6.04 Å². The van der Waals surface area contributed by atoms with Crippen molar-refractivity contribution in [1.29, 1.82) is 0 Å². The largest absolute Gasteiger partial charge is 0.303 e. The van der Waals surface area contributed by atoms with Crippen LogP contribution in [0.1, 0.15) is 52.9 Å². The van der Waals surface area contributed by atoms with Gasteiger partial charge in [-0.25, -0.2) is 0 Å². The summed E-state index contributed by atoms with van der Waals surface area (Å²) in [6, 6.07) is 0.378. The average Bonchev–Trinajstić information content (AvgIpc) is 2.30. The van der Waals surface area contributed by atoms with Gasteiger partial charge in [0.05, 0.1) is 0 Å². The summed E-state index contributed by atoms with van der Waals surface area (Å²) in [4.78, 5) is 2.29. The van der Waals surface area contributed by atoms with Crippen LogP contribution in [0.25, 0.3) is 0 Å². The molecule has 102 valence electrons. The number of hydrazine groups is 1. The summed E-state index contributed by atoms with van der Waals surface area (Å²) < 4.78 is 0. The van der Waals surface area contributed by atoms with Crippen molar-refractivity contribution in [1.82, 2.24) is 10.3 Å². The molecular weight excluding hydrogens is 210 g/mol. The molecule has 0 aromatic heterocycles. The molecule has 0 bridgehead atoms. The lowest BCUT2D eigenvalue weighted by atomic mass is 9.69. The van der Waals surface area contributed by atoms with Crippen molar-refractivity contribution in [3.05, 3.63) is 0 Å². The van der Waals surface area contributed by atoms with Gasteiger partial charge in [-0.15, -0.1) is 0 Å². The second-order valence-corrected chi connectivity index (χ2v) is 6.31. The number of nitrogens with zero attached hydrogens (tertiary/aromatic N) is 1. The third-order valence-electron chi connectivity index (χ3n) is 5.01. The number of likely N-dealkylation sites (N-methyl/N-ethyl adjacent to an activating group) is 1. The highest BCUT2D eigenvalue weighted by molar-refractivity contribution is 4.97. The quantitative estimate of drug-likeness (QED) is 0.573. The summed E-state index contributed by atoms with van der Waals surface area (Å²) in [5, 5.41) is 0. The Kier molecular flexibility index (Phi) is 5.42. The molecule has 0 spiro atoms. The van der Waals surface area contributed by atoms with Gasteiger partial charge in [0.1, 0.15) is 0 Å². The summed E-state index contributed by atoms with van der Waals surface area (Å²) in [7, 11) is 4.29. The van der Waals surface area contributed by atoms with E-state index in [2.05, 4.69) is 45.2 Å². The van der Waals surface area contributed by atoms with Gasteiger partial charge in [-0.3, -0.25) is 11.3 Å². The third kappa shape index (κ3) is 3.21. The number of nitrogens with two attached hydrogens (primary N) is 1. The maximum Gasteiger partial charge on any atom is 0.0419 e. The highest BCUT2D eigenvalue weighted by Crippen LogP contribution is 2.38. The zero-order chi connectivity index (χ0) is 13.1. The fourth-order valence-corrected chi connectivity index (χ4v) is 3.31. The summed E-state index contributed by atoms with van der Waals surface area (Å²) in [5.41, 5.74) is 3.22. The van der Waals surface area contributed by atoms with E-state index in [4.69, 9.17) is 5.84 Å². The smallest absolute Gasteiger partial charge is 0.0419 e. The zero-order valence-electron chi connectivity index (χ0n) is 12.3. The van der Waals surface area contributed by atoms with Gasteiger partial charge < -0.3 is 4.90 Å². The minimum Gasteiger partial charge on any atom is -0.303 e. The molecule has 0 radical (unpaired) electrons. The van der Waals surface area contributed by atoms with Crippen LogP contribution in [0.4, 0.5) is 0 Å². The Hall–Kier alpha value is -0.120. The van der Waals surface area contributed by atoms with E-state index in [-0.39, 0.29) is 5.54 Å². The fourth-order valence-electron chi connectivity index (χ4n) is 3.31. The Balaban J connectivity index is 2.84. The van der Waals surface area contributed by atoms with E-state index in [1.807, 2.05) is 0 Å². The van der Waals surface area contributed by atoms with Crippen molar-refractivity contribution in [2.75, 3.05) is 14.1 Å². The van der Waals surface area contributed by atoms with E-state index < -0.39 is 0 Å². The van der Waals surface area contributed by atoms with Crippen molar-refractivity contribution in [2.45, 2.75) is 64.5 Å². The van der Waals surface area contributed by atoms with Crippen molar-refractivity contribution in [3.63, 3.8) is 0 Å². The minimum absolute atomic E-state index is 0.101. The molecule has 0 amide bonds. The summed E-state index contributed by atoms with van der Waals surface area (Å²) in [5.74, 6) is 7.42. The van der Waals surface area contributed by atoms with E-state index in [0.717, 1.165) is 11.8 Å². The van der Waals surface area contributed by atoms with Crippen LogP contribution in [0.15, 0.2) is 0 Å². The molecule has 1 fully saturated rings. The number of nitrogens with one attached hydrogen (secondary N) is 1. The monoisotopic (exact) mass is 241 g/mol. The van der Waals surface area contributed by atoms with Gasteiger partial charge in [0.2, 0.25) is 0 Å². The van der Waals surface area contributed by atoms with Crippen LogP contribution < -0.4 is 11.3 Å². The molecular formula is C14H31N3. The highest BCUT2D eigenvalue weighted by Gasteiger charge is 2.40. The van der Waals surface area contributed by atoms with Crippen molar-refractivity contribution in [2.24, 2.45) is 17.7 Å². The van der Waals surface area contributed by atoms with Crippen molar-refractivity contribution >= 4 is 0 Å². The third-order valence-corrected chi connectivity index (χ3v) is 5.01. The van der Waals surface area contributed by atoms with E-state index in [9.17, 15) is 0 Å². The molecule has 0 heterocycles. The molecule has 1 saturated carbocycles. The van der Waals surface area contributed by atoms with Crippen LogP contribution in [-0.2, 0) is 0 Å². The predicted molar refractivity (Wildman–Crippen MR) is 74.6 cm³/mol. The van der Waals surface area contributed by atoms with Crippen LogP contribution in [0.3, 0.4) is 0 Å². The maximum atomic E-state index is 5.87. The maximum absolute atomic E-state index is 5.87. The van der Waals surface area contributed by atoms with E-state index in [1.165, 1.54) is 32.1 Å². The molecule has 1 aliphatic rings. The van der Waals surface area contributed by atoms with E-state index >= 15 is 0 Å². The Labute approximate surface area is 107 Å². The van der Waals surface area contributed by atoms with Crippen LogP contribution in [0, 0.1) is 11.8 Å². The molecule has 0 aromatic rings. The lowest BCUT2D eigenvalue weighted by Crippen LogP contribution is -2.61. The van der Waals surface area contributed by atoms with Crippen LogP contribution in [0.2, 0.25) is 0 Å². The molecule has 0 saturated heterocycles. The standard InChI is InChI=1S/C14H31N3/c1-6-11-9-7-8-10-12(11)13(16-15)14(2,3)17(4)5/h11-13,16H,6-10,15H2,1-5H3. The van der Waals surface area contributed by atoms with Gasteiger partial charge in [0, 0.05) is 11.6 Å². The number of hydrogen-bond donors (Lipinski definition) is 2. The lowest BCUT2D eigenvalue weighted by molar-refractivity contribution is 0.0586. The molecule has 3 N–H and O–H groups in total. The van der Waals surface area contributed by atoms with Crippen LogP contribution in [-0.4, -0.2) is 30.6 Å². The van der Waals surface area contributed by atoms with Gasteiger partial charge in [0.15, 0.2) is 0 Å².